The number of hydrogen-bond donors (Lipinski definition) is 2. The molecule has 0 saturated heterocycles. The normalized spacial score (nSPS) is 12.8. The van der Waals surface area contributed by atoms with Crippen molar-refractivity contribution in [1.29, 1.82) is 0 Å². The zero-order valence-corrected chi connectivity index (χ0v) is 8.14. The summed E-state index contributed by atoms with van der Waals surface area (Å²) in [7, 11) is 1.70. The molecule has 0 aliphatic heterocycles. The first kappa shape index (κ1) is 11.0. The zero-order chi connectivity index (χ0) is 9.78. The number of carboxylic acids is 1. The lowest BCUT2D eigenvalue weighted by atomic mass is 9.88. The van der Waals surface area contributed by atoms with Crippen LogP contribution < -0.4 is 5.32 Å². The molecule has 3 nitrogen and oxygen atoms in total. The van der Waals surface area contributed by atoms with Crippen molar-refractivity contribution in [3.63, 3.8) is 0 Å². The van der Waals surface area contributed by atoms with E-state index in [2.05, 4.69) is 5.32 Å². The van der Waals surface area contributed by atoms with Crippen LogP contribution in [0.3, 0.4) is 0 Å². The monoisotopic (exact) mass is 171 g/mol. The Kier molecular flexibility index (Phi) is 3.80. The van der Waals surface area contributed by atoms with Crippen LogP contribution in [0.4, 0.5) is 0 Å². The van der Waals surface area contributed by atoms with E-state index in [1.165, 1.54) is 6.20 Å². The molecule has 3 heteroatoms. The van der Waals surface area contributed by atoms with Crippen LogP contribution in [0.25, 0.3) is 0 Å². The highest BCUT2D eigenvalue weighted by atomic mass is 16.4. The molecule has 0 heterocycles. The second kappa shape index (κ2) is 4.14. The van der Waals surface area contributed by atoms with Gasteiger partial charge in [-0.2, -0.15) is 0 Å². The van der Waals surface area contributed by atoms with Gasteiger partial charge in [-0.1, -0.05) is 20.8 Å². The van der Waals surface area contributed by atoms with E-state index in [1.807, 2.05) is 20.8 Å². The second-order valence-electron chi connectivity index (χ2n) is 4.00. The summed E-state index contributed by atoms with van der Waals surface area (Å²) in [4.78, 5) is 10.7. The van der Waals surface area contributed by atoms with Crippen LogP contribution in [0.5, 0.6) is 0 Å². The molecule has 0 bridgehead atoms. The molecule has 0 atom stereocenters. The molecule has 0 saturated carbocycles. The van der Waals surface area contributed by atoms with Gasteiger partial charge >= 0.3 is 5.97 Å². The number of rotatable bonds is 3. The quantitative estimate of drug-likeness (QED) is 0.634. The van der Waals surface area contributed by atoms with Crippen LogP contribution in [0.2, 0.25) is 0 Å². The van der Waals surface area contributed by atoms with Crippen molar-refractivity contribution in [3.05, 3.63) is 11.8 Å². The van der Waals surface area contributed by atoms with Crippen LogP contribution in [0, 0.1) is 5.41 Å². The van der Waals surface area contributed by atoms with Gasteiger partial charge in [0.25, 0.3) is 0 Å². The van der Waals surface area contributed by atoms with Gasteiger partial charge in [0.15, 0.2) is 0 Å². The highest BCUT2D eigenvalue weighted by Gasteiger charge is 2.17. The minimum Gasteiger partial charge on any atom is -0.478 e. The fourth-order valence-corrected chi connectivity index (χ4v) is 0.934. The predicted octanol–water partition coefficient (Wildman–Crippen LogP) is 1.61. The highest BCUT2D eigenvalue weighted by molar-refractivity contribution is 5.86. The second-order valence-corrected chi connectivity index (χ2v) is 4.00. The molecule has 0 aromatic heterocycles. The lowest BCUT2D eigenvalue weighted by Gasteiger charge is -2.17. The molecule has 12 heavy (non-hydrogen) atoms. The van der Waals surface area contributed by atoms with E-state index in [9.17, 15) is 4.79 Å². The average molecular weight is 171 g/mol. The highest BCUT2D eigenvalue weighted by Crippen LogP contribution is 2.23. The lowest BCUT2D eigenvalue weighted by molar-refractivity contribution is -0.133. The molecule has 0 aliphatic rings. The van der Waals surface area contributed by atoms with Gasteiger partial charge < -0.3 is 10.4 Å². The number of carbonyl (C=O) groups is 1. The summed E-state index contributed by atoms with van der Waals surface area (Å²) in [5.41, 5.74) is 0.436. The molecule has 0 aromatic rings. The van der Waals surface area contributed by atoms with E-state index in [4.69, 9.17) is 5.11 Å². The van der Waals surface area contributed by atoms with E-state index < -0.39 is 5.97 Å². The number of carboxylic acid groups (broad SMARTS) is 1. The Morgan fingerprint density at radius 2 is 2.00 bits per heavy atom. The van der Waals surface area contributed by atoms with Crippen molar-refractivity contribution in [2.24, 2.45) is 5.41 Å². The summed E-state index contributed by atoms with van der Waals surface area (Å²) >= 11 is 0. The molecule has 0 rings (SSSR count). The van der Waals surface area contributed by atoms with Crippen molar-refractivity contribution in [3.8, 4) is 0 Å². The van der Waals surface area contributed by atoms with Gasteiger partial charge in [-0.25, -0.2) is 4.79 Å². The third-order valence-corrected chi connectivity index (χ3v) is 1.31. The van der Waals surface area contributed by atoms with Gasteiger partial charge in [-0.05, 0) is 11.8 Å². The Morgan fingerprint density at radius 3 is 2.25 bits per heavy atom. The summed E-state index contributed by atoms with van der Waals surface area (Å²) in [6, 6.07) is 0. The zero-order valence-electron chi connectivity index (χ0n) is 8.14. The van der Waals surface area contributed by atoms with Gasteiger partial charge in [0.2, 0.25) is 0 Å². The van der Waals surface area contributed by atoms with Gasteiger partial charge in [-0.15, -0.1) is 0 Å². The minimum atomic E-state index is -0.848. The van der Waals surface area contributed by atoms with Crippen molar-refractivity contribution in [2.75, 3.05) is 7.05 Å². The van der Waals surface area contributed by atoms with Gasteiger partial charge in [0, 0.05) is 13.2 Å². The molecule has 0 aromatic carbocycles. The van der Waals surface area contributed by atoms with Crippen molar-refractivity contribution in [2.45, 2.75) is 27.2 Å². The minimum absolute atomic E-state index is 0.0150. The van der Waals surface area contributed by atoms with E-state index in [1.54, 1.807) is 7.05 Å². The summed E-state index contributed by atoms with van der Waals surface area (Å²) < 4.78 is 0. The first-order valence-electron chi connectivity index (χ1n) is 3.96. The van der Waals surface area contributed by atoms with Crippen LogP contribution >= 0.6 is 0 Å². The van der Waals surface area contributed by atoms with Crippen LogP contribution in [0.15, 0.2) is 11.8 Å². The molecule has 0 unspecified atom stereocenters. The Balaban J connectivity index is 4.36. The third-order valence-electron chi connectivity index (χ3n) is 1.31. The smallest absolute Gasteiger partial charge is 0.333 e. The first-order valence-corrected chi connectivity index (χ1v) is 3.96. The van der Waals surface area contributed by atoms with E-state index in [0.29, 0.717) is 12.0 Å². The van der Waals surface area contributed by atoms with Crippen molar-refractivity contribution in [1.82, 2.24) is 5.32 Å². The summed E-state index contributed by atoms with van der Waals surface area (Å²) in [6.45, 7) is 6.04. The molecule has 2 N–H and O–H groups in total. The third kappa shape index (κ3) is 4.77. The Bertz CT molecular complexity index is 189. The molecule has 70 valence electrons. The molecule has 0 spiro atoms. The molecular formula is C9H17NO2. The standard InChI is InChI=1S/C9H17NO2/c1-9(2,3)5-7(6-10-4)8(11)12/h6,10H,5H2,1-4H3,(H,11,12). The Hall–Kier alpha value is -0.990. The molecule has 0 radical (unpaired) electrons. The maximum atomic E-state index is 10.7. The maximum Gasteiger partial charge on any atom is 0.333 e. The number of aliphatic carboxylic acids is 1. The SMILES string of the molecule is CNC=C(CC(C)(C)C)C(=O)O. The topological polar surface area (TPSA) is 49.3 Å². The van der Waals surface area contributed by atoms with E-state index >= 15 is 0 Å². The van der Waals surface area contributed by atoms with Gasteiger partial charge in [-0.3, -0.25) is 0 Å². The van der Waals surface area contributed by atoms with Gasteiger partial charge in [0.1, 0.15) is 0 Å². The maximum absolute atomic E-state index is 10.7. The van der Waals surface area contributed by atoms with Gasteiger partial charge in [0.05, 0.1) is 5.57 Å². The Labute approximate surface area is 73.5 Å². The van der Waals surface area contributed by atoms with Crippen molar-refractivity contribution >= 4 is 5.97 Å². The van der Waals surface area contributed by atoms with Crippen molar-refractivity contribution < 1.29 is 9.90 Å². The van der Waals surface area contributed by atoms with E-state index in [-0.39, 0.29) is 5.41 Å². The lowest BCUT2D eigenvalue weighted by Crippen LogP contribution is -2.14. The number of nitrogens with one attached hydrogen (secondary N) is 1. The van der Waals surface area contributed by atoms with Crippen LogP contribution in [-0.2, 0) is 4.79 Å². The predicted molar refractivity (Wildman–Crippen MR) is 48.9 cm³/mol. The van der Waals surface area contributed by atoms with E-state index in [0.717, 1.165) is 0 Å². The molecular weight excluding hydrogens is 154 g/mol. The largest absolute Gasteiger partial charge is 0.478 e. The summed E-state index contributed by atoms with van der Waals surface area (Å²) in [5, 5.41) is 11.5. The number of hydrogen-bond acceptors (Lipinski definition) is 2. The molecule has 0 amide bonds. The summed E-state index contributed by atoms with van der Waals surface area (Å²) in [5.74, 6) is -0.848. The fraction of sp³-hybridized carbons (Fsp3) is 0.667. The molecule has 0 fully saturated rings. The Morgan fingerprint density at radius 1 is 1.50 bits per heavy atom. The average Bonchev–Trinajstić information content (AvgIpc) is 1.83. The van der Waals surface area contributed by atoms with Crippen LogP contribution in [0.1, 0.15) is 27.2 Å². The fourth-order valence-electron chi connectivity index (χ4n) is 0.934. The summed E-state index contributed by atoms with van der Waals surface area (Å²) in [6.07, 6.45) is 2.11. The first-order chi connectivity index (χ1) is 5.37. The molecule has 0 aliphatic carbocycles. The van der Waals surface area contributed by atoms with Crippen LogP contribution in [-0.4, -0.2) is 18.1 Å².